The molecule has 4 nitrogen and oxygen atoms in total. The average molecular weight is 340 g/mol. The van der Waals surface area contributed by atoms with Crippen molar-refractivity contribution in [3.63, 3.8) is 0 Å². The van der Waals surface area contributed by atoms with Crippen LogP contribution in [0.15, 0.2) is 36.5 Å². The summed E-state index contributed by atoms with van der Waals surface area (Å²) in [5, 5.41) is 8.88. The van der Waals surface area contributed by atoms with Gasteiger partial charge in [-0.3, -0.25) is 0 Å². The molecule has 1 aromatic carbocycles. The Kier molecular flexibility index (Phi) is 4.46. The van der Waals surface area contributed by atoms with Crippen LogP contribution in [0.2, 0.25) is 0 Å². The van der Waals surface area contributed by atoms with Crippen LogP contribution in [0.5, 0.6) is 0 Å². The first-order chi connectivity index (χ1) is 11.8. The number of hydrogen-bond acceptors (Lipinski definition) is 4. The summed E-state index contributed by atoms with van der Waals surface area (Å²) < 4.78 is 2.11. The Bertz CT molecular complexity index is 726. The molecular formula is C19H24N4S. The molecule has 126 valence electrons. The summed E-state index contributed by atoms with van der Waals surface area (Å²) in [6.07, 6.45) is 9.00. The molecule has 3 aliphatic heterocycles. The first-order valence-corrected chi connectivity index (χ1v) is 9.96. The van der Waals surface area contributed by atoms with Gasteiger partial charge in [-0.25, -0.2) is 4.68 Å². The molecule has 3 saturated heterocycles. The third-order valence-electron chi connectivity index (χ3n) is 5.42. The van der Waals surface area contributed by atoms with Gasteiger partial charge in [0.2, 0.25) is 0 Å². The Hall–Kier alpha value is -1.59. The third kappa shape index (κ3) is 2.91. The van der Waals surface area contributed by atoms with Crippen LogP contribution in [0.4, 0.5) is 0 Å². The van der Waals surface area contributed by atoms with Crippen molar-refractivity contribution in [2.75, 3.05) is 25.9 Å². The zero-order chi connectivity index (χ0) is 16.5. The van der Waals surface area contributed by atoms with Crippen LogP contribution in [0.1, 0.15) is 31.4 Å². The molecule has 0 spiro atoms. The van der Waals surface area contributed by atoms with Gasteiger partial charge in [0.15, 0.2) is 0 Å². The predicted octanol–water partition coefficient (Wildman–Crippen LogP) is 3.94. The van der Waals surface area contributed by atoms with Crippen LogP contribution in [0.3, 0.4) is 0 Å². The molecule has 1 atom stereocenters. The van der Waals surface area contributed by atoms with Crippen LogP contribution >= 0.6 is 11.8 Å². The first-order valence-electron chi connectivity index (χ1n) is 8.74. The summed E-state index contributed by atoms with van der Waals surface area (Å²) >= 11 is 1.78. The monoisotopic (exact) mass is 340 g/mol. The number of aromatic nitrogens is 3. The molecule has 1 aromatic heterocycles. The van der Waals surface area contributed by atoms with Crippen molar-refractivity contribution in [3.8, 4) is 11.3 Å². The number of allylic oxidation sites excluding steroid dienone is 1. The molecule has 5 rings (SSSR count). The highest BCUT2D eigenvalue weighted by molar-refractivity contribution is 8.07. The van der Waals surface area contributed by atoms with Gasteiger partial charge in [0.1, 0.15) is 5.69 Å². The fraction of sp³-hybridized carbons (Fsp3) is 0.474. The quantitative estimate of drug-likeness (QED) is 0.844. The SMILES string of the molecule is C/C=C(\SC)c1ccc(-c2cn([C@H]3CN4CCC3CC4)nn2)cc1. The molecule has 3 fully saturated rings. The maximum absolute atomic E-state index is 4.45. The van der Waals surface area contributed by atoms with Crippen LogP contribution in [0.25, 0.3) is 16.2 Å². The van der Waals surface area contributed by atoms with Crippen molar-refractivity contribution in [2.24, 2.45) is 5.92 Å². The summed E-state index contributed by atoms with van der Waals surface area (Å²) in [6.45, 7) is 5.73. The molecule has 5 heteroatoms. The second kappa shape index (κ2) is 6.73. The molecule has 4 heterocycles. The molecule has 0 radical (unpaired) electrons. The van der Waals surface area contributed by atoms with Gasteiger partial charge in [0.05, 0.1) is 12.2 Å². The van der Waals surface area contributed by atoms with Crippen LogP contribution in [0, 0.1) is 5.92 Å². The normalized spacial score (nSPS) is 26.8. The number of rotatable bonds is 4. The van der Waals surface area contributed by atoms with E-state index in [9.17, 15) is 0 Å². The number of thioether (sulfide) groups is 1. The predicted molar refractivity (Wildman–Crippen MR) is 101 cm³/mol. The molecule has 0 saturated carbocycles. The Labute approximate surface area is 147 Å². The Morgan fingerprint density at radius 1 is 1.21 bits per heavy atom. The summed E-state index contributed by atoms with van der Waals surface area (Å²) in [5.74, 6) is 0.769. The van der Waals surface area contributed by atoms with E-state index in [4.69, 9.17) is 0 Å². The van der Waals surface area contributed by atoms with E-state index in [0.717, 1.165) is 23.7 Å². The summed E-state index contributed by atoms with van der Waals surface area (Å²) in [7, 11) is 0. The first kappa shape index (κ1) is 15.9. The second-order valence-corrected chi connectivity index (χ2v) is 7.57. The second-order valence-electron chi connectivity index (χ2n) is 6.72. The third-order valence-corrected chi connectivity index (χ3v) is 6.33. The van der Waals surface area contributed by atoms with Gasteiger partial charge in [-0.05, 0) is 50.6 Å². The highest BCUT2D eigenvalue weighted by Crippen LogP contribution is 2.35. The zero-order valence-electron chi connectivity index (χ0n) is 14.4. The number of piperidine rings is 3. The number of fused-ring (bicyclic) bond motifs is 3. The van der Waals surface area contributed by atoms with Crippen molar-refractivity contribution in [3.05, 3.63) is 42.1 Å². The number of hydrogen-bond donors (Lipinski definition) is 0. The summed E-state index contributed by atoms with van der Waals surface area (Å²) in [4.78, 5) is 3.86. The van der Waals surface area contributed by atoms with E-state index in [-0.39, 0.29) is 0 Å². The van der Waals surface area contributed by atoms with Crippen molar-refractivity contribution >= 4 is 16.7 Å². The molecule has 0 N–H and O–H groups in total. The van der Waals surface area contributed by atoms with E-state index in [2.05, 4.69) is 69.6 Å². The number of nitrogens with zero attached hydrogens (tertiary/aromatic N) is 4. The van der Waals surface area contributed by atoms with Crippen molar-refractivity contribution in [2.45, 2.75) is 25.8 Å². The smallest absolute Gasteiger partial charge is 0.113 e. The lowest BCUT2D eigenvalue weighted by atomic mass is 9.84. The fourth-order valence-corrected chi connectivity index (χ4v) is 4.62. The van der Waals surface area contributed by atoms with Gasteiger partial charge < -0.3 is 4.90 Å². The van der Waals surface area contributed by atoms with Gasteiger partial charge >= 0.3 is 0 Å². The lowest BCUT2D eigenvalue weighted by Crippen LogP contribution is -2.48. The van der Waals surface area contributed by atoms with Crippen molar-refractivity contribution in [1.29, 1.82) is 0 Å². The highest BCUT2D eigenvalue weighted by Gasteiger charge is 2.35. The lowest BCUT2D eigenvalue weighted by molar-refractivity contribution is 0.0504. The van der Waals surface area contributed by atoms with E-state index in [1.54, 1.807) is 11.8 Å². The van der Waals surface area contributed by atoms with Gasteiger partial charge in [-0.2, -0.15) is 0 Å². The van der Waals surface area contributed by atoms with Crippen LogP contribution in [-0.4, -0.2) is 45.8 Å². The van der Waals surface area contributed by atoms with Gasteiger partial charge in [-0.15, -0.1) is 16.9 Å². The minimum absolute atomic E-state index is 0.499. The van der Waals surface area contributed by atoms with E-state index in [1.165, 1.54) is 36.4 Å². The molecular weight excluding hydrogens is 316 g/mol. The number of benzene rings is 1. The molecule has 0 aliphatic carbocycles. The Balaban J connectivity index is 1.54. The van der Waals surface area contributed by atoms with Gasteiger partial charge in [-0.1, -0.05) is 35.6 Å². The molecule has 2 aromatic rings. The van der Waals surface area contributed by atoms with E-state index >= 15 is 0 Å². The van der Waals surface area contributed by atoms with E-state index in [1.807, 2.05) is 0 Å². The minimum Gasteiger partial charge on any atom is -0.301 e. The van der Waals surface area contributed by atoms with Gasteiger partial charge in [0, 0.05) is 17.0 Å². The summed E-state index contributed by atoms with van der Waals surface area (Å²) in [6, 6.07) is 9.15. The van der Waals surface area contributed by atoms with Crippen LogP contribution < -0.4 is 0 Å². The molecule has 0 amide bonds. The lowest BCUT2D eigenvalue weighted by Gasteiger charge is -2.44. The molecule has 3 aliphatic rings. The standard InChI is InChI=1S/C19H24N4S/c1-3-19(24-2)16-6-4-14(5-7-16)17-12-23(21-20-17)18-13-22-10-8-15(18)9-11-22/h3-7,12,15,18H,8-11,13H2,1-2H3/b19-3-/t18-/m0/s1. The average Bonchev–Trinajstić information content (AvgIpc) is 3.14. The minimum atomic E-state index is 0.499. The van der Waals surface area contributed by atoms with Crippen molar-refractivity contribution in [1.82, 2.24) is 19.9 Å². The Morgan fingerprint density at radius 2 is 1.96 bits per heavy atom. The fourth-order valence-electron chi connectivity index (χ4n) is 4.01. The Morgan fingerprint density at radius 3 is 2.54 bits per heavy atom. The zero-order valence-corrected chi connectivity index (χ0v) is 15.2. The van der Waals surface area contributed by atoms with E-state index in [0.29, 0.717) is 6.04 Å². The maximum atomic E-state index is 4.45. The van der Waals surface area contributed by atoms with Crippen LogP contribution in [-0.2, 0) is 0 Å². The van der Waals surface area contributed by atoms with E-state index < -0.39 is 0 Å². The summed E-state index contributed by atoms with van der Waals surface area (Å²) in [5.41, 5.74) is 3.38. The maximum Gasteiger partial charge on any atom is 0.113 e. The van der Waals surface area contributed by atoms with Crippen molar-refractivity contribution < 1.29 is 0 Å². The largest absolute Gasteiger partial charge is 0.301 e. The molecule has 24 heavy (non-hydrogen) atoms. The van der Waals surface area contributed by atoms with Gasteiger partial charge in [0.25, 0.3) is 0 Å². The molecule has 2 bridgehead atoms. The highest BCUT2D eigenvalue weighted by atomic mass is 32.2. The molecule has 0 unspecified atom stereocenters. The topological polar surface area (TPSA) is 34.0 Å².